The van der Waals surface area contributed by atoms with E-state index in [0.717, 1.165) is 39.4 Å². The van der Waals surface area contributed by atoms with Crippen LogP contribution in [0.2, 0.25) is 0 Å². The van der Waals surface area contributed by atoms with Gasteiger partial charge in [0.15, 0.2) is 0 Å². The Hall–Kier alpha value is -2.27. The Kier molecular flexibility index (Phi) is 3.90. The van der Waals surface area contributed by atoms with Gasteiger partial charge in [0.25, 0.3) is 0 Å². The van der Waals surface area contributed by atoms with E-state index in [1.807, 2.05) is 32.9 Å². The average Bonchev–Trinajstić information content (AvgIpc) is 2.46. The van der Waals surface area contributed by atoms with Crippen LogP contribution < -0.4 is 5.63 Å². The third-order valence-corrected chi connectivity index (χ3v) is 5.02. The van der Waals surface area contributed by atoms with Gasteiger partial charge in [-0.3, -0.25) is 0 Å². The van der Waals surface area contributed by atoms with Crippen LogP contribution in [0, 0.1) is 26.6 Å². The van der Waals surface area contributed by atoms with Gasteiger partial charge < -0.3 is 9.52 Å². The van der Waals surface area contributed by atoms with Gasteiger partial charge in [-0.15, -0.1) is 0 Å². The second-order valence-corrected chi connectivity index (χ2v) is 6.56. The Morgan fingerprint density at radius 3 is 2.35 bits per heavy atom. The molecule has 0 aliphatic carbocycles. The number of fused-ring (bicyclic) bond motifs is 1. The molecule has 0 atom stereocenters. The van der Waals surface area contributed by atoms with Crippen LogP contribution in [0.5, 0.6) is 5.75 Å². The van der Waals surface area contributed by atoms with Crippen molar-refractivity contribution in [2.45, 2.75) is 30.6 Å². The highest BCUT2D eigenvalue weighted by molar-refractivity contribution is 7.99. The lowest BCUT2D eigenvalue weighted by atomic mass is 10.1. The van der Waals surface area contributed by atoms with Crippen molar-refractivity contribution in [3.63, 3.8) is 0 Å². The van der Waals surface area contributed by atoms with Gasteiger partial charge in [0.1, 0.15) is 22.0 Å². The molecule has 0 saturated heterocycles. The van der Waals surface area contributed by atoms with Crippen molar-refractivity contribution < 1.29 is 13.9 Å². The molecule has 0 radical (unpaired) electrons. The Balaban J connectivity index is 2.20. The molecule has 1 aromatic heterocycles. The van der Waals surface area contributed by atoms with Crippen molar-refractivity contribution in [1.82, 2.24) is 0 Å². The minimum atomic E-state index is -0.633. The van der Waals surface area contributed by atoms with Crippen LogP contribution in [-0.2, 0) is 0 Å². The molecule has 0 saturated carbocycles. The van der Waals surface area contributed by atoms with E-state index in [0.29, 0.717) is 0 Å². The molecule has 23 heavy (non-hydrogen) atoms. The Labute approximate surface area is 136 Å². The normalized spacial score (nSPS) is 11.1. The van der Waals surface area contributed by atoms with Crippen LogP contribution in [0.4, 0.5) is 4.39 Å². The highest BCUT2D eigenvalue weighted by Gasteiger charge is 2.18. The molecule has 0 aliphatic heterocycles. The van der Waals surface area contributed by atoms with E-state index in [2.05, 4.69) is 0 Å². The molecule has 0 bridgehead atoms. The molecule has 1 N–H and O–H groups in total. The third kappa shape index (κ3) is 2.84. The predicted molar refractivity (Wildman–Crippen MR) is 88.9 cm³/mol. The van der Waals surface area contributed by atoms with Crippen LogP contribution in [0.3, 0.4) is 0 Å². The van der Waals surface area contributed by atoms with Gasteiger partial charge in [-0.2, -0.15) is 0 Å². The first kappa shape index (κ1) is 15.6. The summed E-state index contributed by atoms with van der Waals surface area (Å²) in [7, 11) is 0. The number of aryl methyl sites for hydroxylation is 3. The summed E-state index contributed by atoms with van der Waals surface area (Å²) >= 11 is 1.14. The van der Waals surface area contributed by atoms with Crippen LogP contribution in [0.1, 0.15) is 16.7 Å². The summed E-state index contributed by atoms with van der Waals surface area (Å²) in [5.41, 5.74) is 2.67. The predicted octanol–water partition coefficient (Wildman–Crippen LogP) is 4.71. The molecule has 0 aliphatic rings. The van der Waals surface area contributed by atoms with Gasteiger partial charge in [-0.1, -0.05) is 29.5 Å². The standard InChI is InChI=1S/C18H15FO3S/c1-9-6-10(2)16(11(3)7-9)23-17-15(20)13-8-12(19)4-5-14(13)22-18(17)21/h4-8,20H,1-3H3. The summed E-state index contributed by atoms with van der Waals surface area (Å²) in [6.07, 6.45) is 0. The fraction of sp³-hybridized carbons (Fsp3) is 0.167. The minimum absolute atomic E-state index is 0.0677. The molecule has 5 heteroatoms. The quantitative estimate of drug-likeness (QED) is 0.691. The molecule has 3 nitrogen and oxygen atoms in total. The van der Waals surface area contributed by atoms with Gasteiger partial charge in [0.2, 0.25) is 0 Å². The summed E-state index contributed by atoms with van der Waals surface area (Å²) in [6, 6.07) is 7.70. The van der Waals surface area contributed by atoms with Crippen molar-refractivity contribution in [3.8, 4) is 5.75 Å². The molecular weight excluding hydrogens is 315 g/mol. The molecule has 0 fully saturated rings. The fourth-order valence-corrected chi connectivity index (χ4v) is 3.64. The summed E-state index contributed by atoms with van der Waals surface area (Å²) in [5, 5.41) is 10.6. The van der Waals surface area contributed by atoms with Crippen LogP contribution in [0.15, 0.2) is 49.3 Å². The highest BCUT2D eigenvalue weighted by Crippen LogP contribution is 2.39. The first-order valence-electron chi connectivity index (χ1n) is 7.08. The Morgan fingerprint density at radius 1 is 1.04 bits per heavy atom. The summed E-state index contributed by atoms with van der Waals surface area (Å²) in [6.45, 7) is 5.89. The zero-order valence-electron chi connectivity index (χ0n) is 12.9. The van der Waals surface area contributed by atoms with E-state index < -0.39 is 11.4 Å². The van der Waals surface area contributed by atoms with Crippen molar-refractivity contribution >= 4 is 22.7 Å². The number of hydrogen-bond acceptors (Lipinski definition) is 4. The van der Waals surface area contributed by atoms with E-state index in [-0.39, 0.29) is 21.6 Å². The molecule has 2 aromatic carbocycles. The van der Waals surface area contributed by atoms with Crippen molar-refractivity contribution in [2.75, 3.05) is 0 Å². The SMILES string of the molecule is Cc1cc(C)c(Sc2c(O)c3cc(F)ccc3oc2=O)c(C)c1. The zero-order chi connectivity index (χ0) is 16.7. The molecular formula is C18H15FO3S. The number of benzene rings is 2. The lowest BCUT2D eigenvalue weighted by Gasteiger charge is -2.11. The molecule has 0 unspecified atom stereocenters. The molecule has 3 rings (SSSR count). The Bertz CT molecular complexity index is 953. The number of rotatable bonds is 2. The highest BCUT2D eigenvalue weighted by atomic mass is 32.2. The van der Waals surface area contributed by atoms with Crippen LogP contribution >= 0.6 is 11.8 Å². The van der Waals surface area contributed by atoms with E-state index in [1.54, 1.807) is 0 Å². The topological polar surface area (TPSA) is 50.4 Å². The lowest BCUT2D eigenvalue weighted by Crippen LogP contribution is -2.03. The number of aromatic hydroxyl groups is 1. The smallest absolute Gasteiger partial charge is 0.354 e. The molecule has 0 spiro atoms. The molecule has 3 aromatic rings. The van der Waals surface area contributed by atoms with Crippen molar-refractivity contribution in [3.05, 3.63) is 63.3 Å². The maximum atomic E-state index is 13.4. The maximum absolute atomic E-state index is 13.4. The number of hydrogen-bond donors (Lipinski definition) is 1. The second-order valence-electron chi connectivity index (χ2n) is 5.54. The summed E-state index contributed by atoms with van der Waals surface area (Å²) in [4.78, 5) is 13.1. The van der Waals surface area contributed by atoms with E-state index >= 15 is 0 Å². The minimum Gasteiger partial charge on any atom is -0.506 e. The van der Waals surface area contributed by atoms with E-state index in [1.165, 1.54) is 12.1 Å². The largest absolute Gasteiger partial charge is 0.506 e. The van der Waals surface area contributed by atoms with Crippen molar-refractivity contribution in [1.29, 1.82) is 0 Å². The van der Waals surface area contributed by atoms with Crippen LogP contribution in [0.25, 0.3) is 11.0 Å². The monoisotopic (exact) mass is 330 g/mol. The lowest BCUT2D eigenvalue weighted by molar-refractivity contribution is 0.446. The first-order valence-corrected chi connectivity index (χ1v) is 7.89. The van der Waals surface area contributed by atoms with E-state index in [4.69, 9.17) is 4.42 Å². The number of halogens is 1. The molecule has 0 amide bonds. The summed E-state index contributed by atoms with van der Waals surface area (Å²) in [5.74, 6) is -0.750. The van der Waals surface area contributed by atoms with Gasteiger partial charge in [-0.25, -0.2) is 9.18 Å². The second kappa shape index (κ2) is 5.74. The van der Waals surface area contributed by atoms with Gasteiger partial charge in [0.05, 0.1) is 5.39 Å². The van der Waals surface area contributed by atoms with Gasteiger partial charge >= 0.3 is 5.63 Å². The van der Waals surface area contributed by atoms with Crippen molar-refractivity contribution in [2.24, 2.45) is 0 Å². The Morgan fingerprint density at radius 2 is 1.70 bits per heavy atom. The van der Waals surface area contributed by atoms with E-state index in [9.17, 15) is 14.3 Å². The maximum Gasteiger partial charge on any atom is 0.354 e. The molecule has 118 valence electrons. The van der Waals surface area contributed by atoms with Gasteiger partial charge in [0, 0.05) is 4.90 Å². The van der Waals surface area contributed by atoms with Gasteiger partial charge in [-0.05, 0) is 50.1 Å². The zero-order valence-corrected chi connectivity index (χ0v) is 13.8. The summed E-state index contributed by atoms with van der Waals surface area (Å²) < 4.78 is 18.6. The fourth-order valence-electron chi connectivity index (χ4n) is 2.66. The molecule has 1 heterocycles. The third-order valence-electron chi connectivity index (χ3n) is 3.61. The van der Waals surface area contributed by atoms with Crippen LogP contribution in [-0.4, -0.2) is 5.11 Å². The average molecular weight is 330 g/mol. The first-order chi connectivity index (χ1) is 10.9.